The van der Waals surface area contributed by atoms with E-state index in [1.54, 1.807) is 19.1 Å². The topological polar surface area (TPSA) is 110 Å². The Morgan fingerprint density at radius 3 is 2.24 bits per heavy atom. The molecule has 0 saturated heterocycles. The summed E-state index contributed by atoms with van der Waals surface area (Å²) in [5, 5.41) is 30.6. The summed E-state index contributed by atoms with van der Waals surface area (Å²) in [4.78, 5) is 12.2. The molecule has 0 atom stereocenters. The summed E-state index contributed by atoms with van der Waals surface area (Å²) >= 11 is 0. The van der Waals surface area contributed by atoms with Gasteiger partial charge >= 0.3 is 5.97 Å². The number of ether oxygens (including phenoxy) is 1. The van der Waals surface area contributed by atoms with E-state index in [1.165, 1.54) is 31.4 Å². The lowest BCUT2D eigenvalue weighted by molar-refractivity contribution is -0.135. The minimum absolute atomic E-state index is 0.00280. The lowest BCUT2D eigenvalue weighted by Crippen LogP contribution is -2.26. The molecule has 0 amide bonds. The molecule has 0 spiro atoms. The number of hydrogen-bond donors (Lipinski definition) is 1. The lowest BCUT2D eigenvalue weighted by atomic mass is 9.87. The van der Waals surface area contributed by atoms with Gasteiger partial charge in [0.15, 0.2) is 5.57 Å². The molecule has 0 unspecified atom stereocenters. The monoisotopic (exact) mass is 334 g/mol. The van der Waals surface area contributed by atoms with Gasteiger partial charge in [0.25, 0.3) is 0 Å². The Labute approximate surface area is 143 Å². The third-order valence-corrected chi connectivity index (χ3v) is 3.55. The number of nitrogens with zero attached hydrogens (tertiary/aromatic N) is 3. The van der Waals surface area contributed by atoms with Gasteiger partial charge in [-0.25, -0.2) is 9.18 Å². The molecule has 7 heteroatoms. The second kappa shape index (κ2) is 7.12. The summed E-state index contributed by atoms with van der Waals surface area (Å²) in [5.74, 6) is -1.19. The minimum Gasteiger partial charge on any atom is -0.465 e. The fourth-order valence-corrected chi connectivity index (χ4v) is 2.45. The average Bonchev–Trinajstić information content (AvgIpc) is 2.62. The molecule has 0 aliphatic carbocycles. The van der Waals surface area contributed by atoms with Crippen LogP contribution in [0.1, 0.15) is 12.5 Å². The van der Waals surface area contributed by atoms with Crippen molar-refractivity contribution < 1.29 is 13.9 Å². The zero-order chi connectivity index (χ0) is 18.6. The molecule has 0 bridgehead atoms. The highest BCUT2D eigenvalue weighted by Crippen LogP contribution is 2.36. The van der Waals surface area contributed by atoms with Crippen molar-refractivity contribution in [2.75, 3.05) is 7.11 Å². The van der Waals surface area contributed by atoms with Gasteiger partial charge in [0, 0.05) is 11.3 Å². The molecule has 1 heterocycles. The van der Waals surface area contributed by atoms with Gasteiger partial charge in [0.1, 0.15) is 24.0 Å². The van der Waals surface area contributed by atoms with Gasteiger partial charge in [-0.1, -0.05) is 12.1 Å². The molecule has 1 aliphatic rings. The molecule has 1 aliphatic heterocycles. The number of methoxy groups -OCH3 is 1. The molecule has 25 heavy (non-hydrogen) atoms. The summed E-state index contributed by atoms with van der Waals surface area (Å²) in [7, 11) is 1.19. The van der Waals surface area contributed by atoms with Crippen molar-refractivity contribution in [1.82, 2.24) is 5.32 Å². The normalized spacial score (nSPS) is 13.4. The standard InChI is InChI=1S/C18H11FN4O2/c1-10-15(18(24)25-2)16(11-3-5-13(19)6-4-11)14(9-22)17(23-10)12(7-20)8-21/h3-6,23H,1-2H3. The Morgan fingerprint density at radius 2 is 1.76 bits per heavy atom. The van der Waals surface area contributed by atoms with Crippen LogP contribution in [0.15, 0.2) is 52.4 Å². The van der Waals surface area contributed by atoms with E-state index in [9.17, 15) is 14.4 Å². The quantitative estimate of drug-likeness (QED) is 0.657. The number of allylic oxidation sites excluding steroid dienone is 3. The van der Waals surface area contributed by atoms with Crippen molar-refractivity contribution in [2.45, 2.75) is 6.92 Å². The number of benzene rings is 1. The fourth-order valence-electron chi connectivity index (χ4n) is 2.45. The molecule has 1 aromatic rings. The fraction of sp³-hybridized carbons (Fsp3) is 0.111. The van der Waals surface area contributed by atoms with Crippen LogP contribution in [0, 0.1) is 39.8 Å². The van der Waals surface area contributed by atoms with Gasteiger partial charge in [0.05, 0.1) is 24.0 Å². The van der Waals surface area contributed by atoms with Crippen LogP contribution in [-0.4, -0.2) is 13.1 Å². The van der Waals surface area contributed by atoms with E-state index in [4.69, 9.17) is 15.3 Å². The molecule has 1 aromatic carbocycles. The third-order valence-electron chi connectivity index (χ3n) is 3.55. The Hall–Kier alpha value is -3.89. The largest absolute Gasteiger partial charge is 0.465 e. The SMILES string of the molecule is COC(=O)C1=C(C)NC(=C(C#N)C#N)C(C#N)=C1c1ccc(F)cc1. The molecule has 0 fully saturated rings. The maximum atomic E-state index is 13.3. The van der Waals surface area contributed by atoms with Crippen LogP contribution in [0.3, 0.4) is 0 Å². The van der Waals surface area contributed by atoms with E-state index in [0.29, 0.717) is 11.3 Å². The summed E-state index contributed by atoms with van der Waals surface area (Å²) in [6.07, 6.45) is 0. The highest BCUT2D eigenvalue weighted by Gasteiger charge is 2.31. The van der Waals surface area contributed by atoms with Crippen molar-refractivity contribution in [3.05, 3.63) is 63.8 Å². The van der Waals surface area contributed by atoms with Crippen LogP contribution in [0.25, 0.3) is 5.57 Å². The van der Waals surface area contributed by atoms with Crippen LogP contribution in [-0.2, 0) is 9.53 Å². The molecular weight excluding hydrogens is 323 g/mol. The number of nitriles is 3. The smallest absolute Gasteiger partial charge is 0.340 e. The average molecular weight is 334 g/mol. The number of carbonyl (C=O) groups is 1. The van der Waals surface area contributed by atoms with E-state index in [2.05, 4.69) is 5.32 Å². The van der Waals surface area contributed by atoms with Crippen LogP contribution < -0.4 is 5.32 Å². The van der Waals surface area contributed by atoms with Gasteiger partial charge in [-0.3, -0.25) is 0 Å². The molecule has 0 aromatic heterocycles. The molecule has 2 rings (SSSR count). The van der Waals surface area contributed by atoms with Crippen molar-refractivity contribution >= 4 is 11.5 Å². The van der Waals surface area contributed by atoms with Crippen molar-refractivity contribution in [1.29, 1.82) is 15.8 Å². The van der Waals surface area contributed by atoms with E-state index in [-0.39, 0.29) is 28.0 Å². The molecule has 0 saturated carbocycles. The maximum Gasteiger partial charge on any atom is 0.340 e. The number of esters is 1. The van der Waals surface area contributed by atoms with Crippen LogP contribution >= 0.6 is 0 Å². The lowest BCUT2D eigenvalue weighted by Gasteiger charge is -2.24. The number of dihydropyridines is 1. The second-order valence-corrected chi connectivity index (χ2v) is 4.96. The first-order valence-electron chi connectivity index (χ1n) is 7.00. The first-order valence-corrected chi connectivity index (χ1v) is 7.00. The summed E-state index contributed by atoms with van der Waals surface area (Å²) < 4.78 is 18.0. The molecule has 6 nitrogen and oxygen atoms in total. The van der Waals surface area contributed by atoms with Gasteiger partial charge in [-0.05, 0) is 24.6 Å². The number of nitrogens with one attached hydrogen (secondary N) is 1. The van der Waals surface area contributed by atoms with Gasteiger partial charge < -0.3 is 10.1 Å². The summed E-state index contributed by atoms with van der Waals surface area (Å²) in [6.45, 7) is 1.55. The Kier molecular flexibility index (Phi) is 4.98. The van der Waals surface area contributed by atoms with Crippen molar-refractivity contribution in [2.24, 2.45) is 0 Å². The molecule has 122 valence electrons. The Morgan fingerprint density at radius 1 is 1.16 bits per heavy atom. The predicted octanol–water partition coefficient (Wildman–Crippen LogP) is 2.45. The number of hydrogen-bond acceptors (Lipinski definition) is 6. The number of rotatable bonds is 2. The zero-order valence-corrected chi connectivity index (χ0v) is 13.3. The van der Waals surface area contributed by atoms with E-state index in [1.807, 2.05) is 6.07 Å². The van der Waals surface area contributed by atoms with Crippen LogP contribution in [0.4, 0.5) is 4.39 Å². The van der Waals surface area contributed by atoms with E-state index >= 15 is 0 Å². The first-order chi connectivity index (χ1) is 12.0. The summed E-state index contributed by atoms with van der Waals surface area (Å²) in [5.41, 5.74) is 0.551. The summed E-state index contributed by atoms with van der Waals surface area (Å²) in [6, 6.07) is 10.5. The Balaban J connectivity index is 2.92. The molecule has 0 radical (unpaired) electrons. The van der Waals surface area contributed by atoms with Crippen LogP contribution in [0.5, 0.6) is 0 Å². The second-order valence-electron chi connectivity index (χ2n) is 4.96. The zero-order valence-electron chi connectivity index (χ0n) is 13.3. The number of halogens is 1. The van der Waals surface area contributed by atoms with Crippen molar-refractivity contribution in [3.8, 4) is 18.2 Å². The molecule has 1 N–H and O–H groups in total. The third kappa shape index (κ3) is 3.10. The van der Waals surface area contributed by atoms with Crippen molar-refractivity contribution in [3.63, 3.8) is 0 Å². The minimum atomic E-state index is -0.702. The predicted molar refractivity (Wildman–Crippen MR) is 85.0 cm³/mol. The maximum absolute atomic E-state index is 13.3. The Bertz CT molecular complexity index is 948. The highest BCUT2D eigenvalue weighted by molar-refractivity contribution is 6.10. The number of carbonyl (C=O) groups excluding carboxylic acids is 1. The highest BCUT2D eigenvalue weighted by atomic mass is 19.1. The van der Waals surface area contributed by atoms with Gasteiger partial charge in [-0.15, -0.1) is 0 Å². The van der Waals surface area contributed by atoms with E-state index < -0.39 is 11.8 Å². The van der Waals surface area contributed by atoms with Crippen LogP contribution in [0.2, 0.25) is 0 Å². The van der Waals surface area contributed by atoms with Gasteiger partial charge in [-0.2, -0.15) is 15.8 Å². The van der Waals surface area contributed by atoms with E-state index in [0.717, 1.165) is 0 Å². The molecular formula is C18H11FN4O2. The van der Waals surface area contributed by atoms with Gasteiger partial charge in [0.2, 0.25) is 0 Å². The first kappa shape index (κ1) is 17.5.